The van der Waals surface area contributed by atoms with E-state index in [-0.39, 0.29) is 12.5 Å². The first-order valence-electron chi connectivity index (χ1n) is 9.91. The normalized spacial score (nSPS) is 15.6. The van der Waals surface area contributed by atoms with Crippen LogP contribution in [-0.2, 0) is 9.53 Å². The van der Waals surface area contributed by atoms with Crippen LogP contribution < -0.4 is 26.0 Å². The van der Waals surface area contributed by atoms with Crippen molar-refractivity contribution in [1.29, 1.82) is 0 Å². The number of ether oxygens (including phenoxy) is 2. The highest BCUT2D eigenvalue weighted by atomic mass is 16.5. The molecule has 2 aromatic heterocycles. The van der Waals surface area contributed by atoms with Gasteiger partial charge < -0.3 is 30.7 Å². The van der Waals surface area contributed by atoms with Crippen molar-refractivity contribution >= 4 is 34.9 Å². The molecule has 2 aliphatic heterocycles. The number of anilines is 5. The fraction of sp³-hybridized carbons (Fsp3) is 0.238. The molecule has 1 fully saturated rings. The van der Waals surface area contributed by atoms with Crippen molar-refractivity contribution in [3.63, 3.8) is 0 Å². The van der Waals surface area contributed by atoms with Gasteiger partial charge in [0.1, 0.15) is 17.4 Å². The van der Waals surface area contributed by atoms with Crippen molar-refractivity contribution < 1.29 is 14.3 Å². The number of nitrogen functional groups attached to an aromatic ring is 1. The van der Waals surface area contributed by atoms with Gasteiger partial charge in [-0.05, 0) is 30.3 Å². The van der Waals surface area contributed by atoms with Gasteiger partial charge in [0.15, 0.2) is 6.61 Å². The Kier molecular flexibility index (Phi) is 4.97. The van der Waals surface area contributed by atoms with Crippen LogP contribution in [0.15, 0.2) is 42.6 Å². The van der Waals surface area contributed by atoms with Crippen LogP contribution in [0.1, 0.15) is 0 Å². The number of nitrogens with two attached hydrogens (primary N) is 1. The molecule has 5 rings (SSSR count). The van der Waals surface area contributed by atoms with E-state index in [1.807, 2.05) is 30.3 Å². The summed E-state index contributed by atoms with van der Waals surface area (Å²) in [5, 5.41) is 6.12. The molecule has 0 atom stereocenters. The number of pyridine rings is 1. The summed E-state index contributed by atoms with van der Waals surface area (Å²) < 4.78 is 10.9. The fourth-order valence-corrected chi connectivity index (χ4v) is 3.42. The summed E-state index contributed by atoms with van der Waals surface area (Å²) in [5.74, 6) is 2.12. The zero-order chi connectivity index (χ0) is 21.2. The van der Waals surface area contributed by atoms with Crippen molar-refractivity contribution in [2.24, 2.45) is 0 Å². The molecule has 10 nitrogen and oxygen atoms in total. The first-order valence-corrected chi connectivity index (χ1v) is 9.91. The summed E-state index contributed by atoms with van der Waals surface area (Å²) in [7, 11) is 0. The number of nitrogens with one attached hydrogen (secondary N) is 2. The smallest absolute Gasteiger partial charge is 0.262 e. The highest BCUT2D eigenvalue weighted by Crippen LogP contribution is 2.32. The molecule has 0 saturated carbocycles. The molecular formula is C21H21N7O3. The zero-order valence-electron chi connectivity index (χ0n) is 16.7. The molecule has 1 amide bonds. The number of rotatable bonds is 4. The molecule has 0 aliphatic carbocycles. The molecule has 1 aromatic carbocycles. The van der Waals surface area contributed by atoms with Gasteiger partial charge in [0.2, 0.25) is 5.95 Å². The molecule has 31 heavy (non-hydrogen) atoms. The first-order chi connectivity index (χ1) is 15.1. The van der Waals surface area contributed by atoms with Crippen LogP contribution in [0.5, 0.6) is 5.75 Å². The molecule has 0 unspecified atom stereocenters. The van der Waals surface area contributed by atoms with Crippen LogP contribution in [-0.4, -0.2) is 53.8 Å². The molecule has 1 saturated heterocycles. The van der Waals surface area contributed by atoms with E-state index in [4.69, 9.17) is 25.2 Å². The van der Waals surface area contributed by atoms with Crippen molar-refractivity contribution in [2.75, 3.05) is 54.2 Å². The lowest BCUT2D eigenvalue weighted by molar-refractivity contribution is -0.118. The second-order valence-electron chi connectivity index (χ2n) is 7.18. The van der Waals surface area contributed by atoms with E-state index in [1.54, 1.807) is 12.3 Å². The third kappa shape index (κ3) is 4.19. The van der Waals surface area contributed by atoms with Gasteiger partial charge in [0.05, 0.1) is 24.6 Å². The minimum Gasteiger partial charge on any atom is -0.482 e. The Hall–Kier alpha value is -3.92. The molecule has 0 radical (unpaired) electrons. The lowest BCUT2D eigenvalue weighted by Gasteiger charge is -2.27. The van der Waals surface area contributed by atoms with Gasteiger partial charge in [-0.25, -0.2) is 9.97 Å². The average Bonchev–Trinajstić information content (AvgIpc) is 2.80. The first kappa shape index (κ1) is 19.1. The average molecular weight is 419 g/mol. The van der Waals surface area contributed by atoms with Gasteiger partial charge in [-0.1, -0.05) is 0 Å². The molecule has 158 valence electrons. The Balaban J connectivity index is 1.49. The lowest BCUT2D eigenvalue weighted by Crippen LogP contribution is -2.37. The zero-order valence-corrected chi connectivity index (χ0v) is 16.7. The largest absolute Gasteiger partial charge is 0.482 e. The minimum atomic E-state index is -0.181. The standard InChI is InChI=1S/C21H21N7O3/c22-18-4-1-13(11-23-18)15-10-19(27-21(26-15)28-5-7-30-8-6-28)24-14-2-3-17-16(9-14)25-20(29)12-31-17/h1-4,9-11H,5-8,12H2,(H2,22,23)(H,25,29)(H,24,26,27). The Morgan fingerprint density at radius 3 is 2.77 bits per heavy atom. The predicted octanol–water partition coefficient (Wildman–Crippen LogP) is 2.03. The Morgan fingerprint density at radius 2 is 1.97 bits per heavy atom. The number of hydrogen-bond donors (Lipinski definition) is 3. The van der Waals surface area contributed by atoms with Gasteiger partial charge in [0, 0.05) is 36.6 Å². The highest BCUT2D eigenvalue weighted by molar-refractivity contribution is 5.96. The van der Waals surface area contributed by atoms with Crippen molar-refractivity contribution in [1.82, 2.24) is 15.0 Å². The number of nitrogens with zero attached hydrogens (tertiary/aromatic N) is 4. The molecule has 4 heterocycles. The Morgan fingerprint density at radius 1 is 1.10 bits per heavy atom. The minimum absolute atomic E-state index is 0.0214. The molecular weight excluding hydrogens is 398 g/mol. The third-order valence-corrected chi connectivity index (χ3v) is 4.98. The Bertz CT molecular complexity index is 1110. The maximum absolute atomic E-state index is 11.6. The van der Waals surface area contributed by atoms with Crippen LogP contribution in [0.25, 0.3) is 11.3 Å². The number of morpholine rings is 1. The fourth-order valence-electron chi connectivity index (χ4n) is 3.42. The van der Waals surface area contributed by atoms with E-state index in [1.165, 1.54) is 0 Å². The van der Waals surface area contributed by atoms with Gasteiger partial charge in [-0.15, -0.1) is 0 Å². The lowest BCUT2D eigenvalue weighted by atomic mass is 10.2. The SMILES string of the molecule is Nc1ccc(-c2cc(Nc3ccc4c(c3)NC(=O)CO4)nc(N3CCOCC3)n2)cn1. The Labute approximate surface area is 178 Å². The third-order valence-electron chi connectivity index (χ3n) is 4.98. The van der Waals surface area contributed by atoms with Gasteiger partial charge in [-0.2, -0.15) is 4.98 Å². The molecule has 10 heteroatoms. The predicted molar refractivity (Wildman–Crippen MR) is 117 cm³/mol. The number of benzene rings is 1. The van der Waals surface area contributed by atoms with Crippen LogP contribution >= 0.6 is 0 Å². The van der Waals surface area contributed by atoms with Crippen molar-refractivity contribution in [2.45, 2.75) is 0 Å². The summed E-state index contributed by atoms with van der Waals surface area (Å²) in [4.78, 5) is 27.3. The van der Waals surface area contributed by atoms with Crippen molar-refractivity contribution in [3.8, 4) is 17.0 Å². The maximum atomic E-state index is 11.6. The molecule has 0 bridgehead atoms. The number of hydrogen-bond acceptors (Lipinski definition) is 9. The monoisotopic (exact) mass is 419 g/mol. The number of carbonyl (C=O) groups excluding carboxylic acids is 1. The maximum Gasteiger partial charge on any atom is 0.262 e. The van der Waals surface area contributed by atoms with E-state index >= 15 is 0 Å². The summed E-state index contributed by atoms with van der Waals surface area (Å²) >= 11 is 0. The topological polar surface area (TPSA) is 128 Å². The van der Waals surface area contributed by atoms with E-state index in [0.717, 1.165) is 16.9 Å². The quantitative estimate of drug-likeness (QED) is 0.582. The van der Waals surface area contributed by atoms with E-state index in [2.05, 4.69) is 20.5 Å². The highest BCUT2D eigenvalue weighted by Gasteiger charge is 2.18. The summed E-state index contributed by atoms with van der Waals surface area (Å²) in [6.07, 6.45) is 1.69. The summed E-state index contributed by atoms with van der Waals surface area (Å²) in [6, 6.07) is 11.0. The summed E-state index contributed by atoms with van der Waals surface area (Å²) in [6.45, 7) is 2.71. The van der Waals surface area contributed by atoms with Gasteiger partial charge in [0.25, 0.3) is 5.91 Å². The van der Waals surface area contributed by atoms with E-state index in [0.29, 0.717) is 55.3 Å². The van der Waals surface area contributed by atoms with Gasteiger partial charge in [-0.3, -0.25) is 4.79 Å². The van der Waals surface area contributed by atoms with Crippen molar-refractivity contribution in [3.05, 3.63) is 42.6 Å². The van der Waals surface area contributed by atoms with Gasteiger partial charge >= 0.3 is 0 Å². The molecule has 4 N–H and O–H groups in total. The number of amides is 1. The second-order valence-corrected chi connectivity index (χ2v) is 7.18. The van der Waals surface area contributed by atoms with E-state index < -0.39 is 0 Å². The molecule has 3 aromatic rings. The van der Waals surface area contributed by atoms with Crippen LogP contribution in [0, 0.1) is 0 Å². The number of fused-ring (bicyclic) bond motifs is 1. The van der Waals surface area contributed by atoms with E-state index in [9.17, 15) is 4.79 Å². The summed E-state index contributed by atoms with van der Waals surface area (Å²) in [5.41, 5.74) is 8.67. The van der Waals surface area contributed by atoms with Crippen LogP contribution in [0.3, 0.4) is 0 Å². The number of aromatic nitrogens is 3. The van der Waals surface area contributed by atoms with Crippen LogP contribution in [0.4, 0.5) is 29.0 Å². The number of carbonyl (C=O) groups is 1. The second kappa shape index (κ2) is 8.07. The molecule has 0 spiro atoms. The molecule has 2 aliphatic rings. The van der Waals surface area contributed by atoms with Crippen LogP contribution in [0.2, 0.25) is 0 Å².